The number of alkyl halides is 1. The second kappa shape index (κ2) is 5.51. The Kier molecular flexibility index (Phi) is 4.87. The van der Waals surface area contributed by atoms with Gasteiger partial charge in [0.05, 0.1) is 11.7 Å². The Balaban J connectivity index is 2.88. The molecule has 0 amide bonds. The molecule has 0 aliphatic heterocycles. The summed E-state index contributed by atoms with van der Waals surface area (Å²) in [6, 6.07) is 7.86. The van der Waals surface area contributed by atoms with Crippen LogP contribution in [0.3, 0.4) is 0 Å². The Morgan fingerprint density at radius 2 is 1.93 bits per heavy atom. The largest absolute Gasteiger partial charge is 0.367 e. The van der Waals surface area contributed by atoms with Crippen LogP contribution in [0.1, 0.15) is 32.4 Å². The van der Waals surface area contributed by atoms with Crippen molar-refractivity contribution in [1.82, 2.24) is 0 Å². The van der Waals surface area contributed by atoms with Crippen molar-refractivity contribution < 1.29 is 4.74 Å². The summed E-state index contributed by atoms with van der Waals surface area (Å²) >= 11 is 8.47. The van der Waals surface area contributed by atoms with Crippen molar-refractivity contribution in [3.8, 4) is 0 Å². The normalized spacial score (nSPS) is 13.9. The fraction of sp³-hybridized carbons (Fsp3) is 0.500. The maximum absolute atomic E-state index is 6.14. The Hall–Kier alpha value is 0.200. The summed E-state index contributed by atoms with van der Waals surface area (Å²) in [4.78, 5) is 0. The summed E-state index contributed by atoms with van der Waals surface area (Å²) < 4.78 is 6.86. The highest BCUT2D eigenvalue weighted by Crippen LogP contribution is 2.30. The SMILES string of the molecule is CC(C)(C)OC(CI)c1ccccc1Cl. The number of hydrogen-bond acceptors (Lipinski definition) is 1. The van der Waals surface area contributed by atoms with Gasteiger partial charge in [0.15, 0.2) is 0 Å². The fourth-order valence-corrected chi connectivity index (χ4v) is 2.25. The van der Waals surface area contributed by atoms with Crippen molar-refractivity contribution in [2.45, 2.75) is 32.5 Å². The summed E-state index contributed by atoms with van der Waals surface area (Å²) in [6.07, 6.45) is 0.0688. The van der Waals surface area contributed by atoms with Crippen molar-refractivity contribution in [3.63, 3.8) is 0 Å². The van der Waals surface area contributed by atoms with Gasteiger partial charge in [-0.1, -0.05) is 52.4 Å². The zero-order valence-corrected chi connectivity index (χ0v) is 12.2. The van der Waals surface area contributed by atoms with E-state index in [-0.39, 0.29) is 11.7 Å². The number of rotatable bonds is 3. The molecule has 0 spiro atoms. The van der Waals surface area contributed by atoms with Crippen LogP contribution in [0.2, 0.25) is 5.02 Å². The number of halogens is 2. The van der Waals surface area contributed by atoms with Crippen molar-refractivity contribution in [3.05, 3.63) is 34.9 Å². The third-order valence-corrected chi connectivity index (χ3v) is 3.03. The van der Waals surface area contributed by atoms with Crippen LogP contribution < -0.4 is 0 Å². The third-order valence-electron chi connectivity index (χ3n) is 1.89. The van der Waals surface area contributed by atoms with E-state index >= 15 is 0 Å². The zero-order chi connectivity index (χ0) is 11.5. The van der Waals surface area contributed by atoms with E-state index in [2.05, 4.69) is 43.4 Å². The molecule has 0 heterocycles. The number of benzene rings is 1. The van der Waals surface area contributed by atoms with Crippen LogP contribution >= 0.6 is 34.2 Å². The molecule has 1 aromatic rings. The summed E-state index contributed by atoms with van der Waals surface area (Å²) in [5.41, 5.74) is 0.929. The second-order valence-corrected chi connectivity index (χ2v) is 5.68. The van der Waals surface area contributed by atoms with Gasteiger partial charge in [-0.25, -0.2) is 0 Å². The Bertz CT molecular complexity index is 320. The summed E-state index contributed by atoms with van der Waals surface area (Å²) in [7, 11) is 0. The molecule has 0 saturated heterocycles. The topological polar surface area (TPSA) is 9.23 Å². The summed E-state index contributed by atoms with van der Waals surface area (Å²) in [5.74, 6) is 0. The fourth-order valence-electron chi connectivity index (χ4n) is 1.34. The lowest BCUT2D eigenvalue weighted by molar-refractivity contribution is -0.0493. The van der Waals surface area contributed by atoms with Gasteiger partial charge in [-0.2, -0.15) is 0 Å². The third kappa shape index (κ3) is 4.29. The summed E-state index contributed by atoms with van der Waals surface area (Å²) in [5, 5.41) is 0.781. The van der Waals surface area contributed by atoms with Crippen molar-refractivity contribution in [2.75, 3.05) is 4.43 Å². The predicted octanol–water partition coefficient (Wildman–Crippen LogP) is 4.63. The molecule has 84 valence electrons. The Morgan fingerprint density at radius 3 is 2.40 bits per heavy atom. The van der Waals surface area contributed by atoms with E-state index in [0.717, 1.165) is 15.0 Å². The van der Waals surface area contributed by atoms with Gasteiger partial charge in [0.2, 0.25) is 0 Å². The quantitative estimate of drug-likeness (QED) is 0.577. The summed E-state index contributed by atoms with van der Waals surface area (Å²) in [6.45, 7) is 6.18. The van der Waals surface area contributed by atoms with Crippen LogP contribution in [-0.2, 0) is 4.74 Å². The average molecular weight is 339 g/mol. The minimum Gasteiger partial charge on any atom is -0.367 e. The highest BCUT2D eigenvalue weighted by atomic mass is 127. The minimum absolute atomic E-state index is 0.0688. The molecule has 0 radical (unpaired) electrons. The van der Waals surface area contributed by atoms with E-state index < -0.39 is 0 Å². The number of hydrogen-bond donors (Lipinski definition) is 0. The first kappa shape index (κ1) is 13.3. The van der Waals surface area contributed by atoms with Crippen LogP contribution in [0, 0.1) is 0 Å². The second-order valence-electron chi connectivity index (χ2n) is 4.39. The van der Waals surface area contributed by atoms with E-state index in [1.54, 1.807) is 0 Å². The molecule has 0 aliphatic carbocycles. The lowest BCUT2D eigenvalue weighted by atomic mass is 10.1. The number of ether oxygens (including phenoxy) is 1. The van der Waals surface area contributed by atoms with Crippen LogP contribution in [0.5, 0.6) is 0 Å². The molecule has 3 heteroatoms. The van der Waals surface area contributed by atoms with Gasteiger partial charge in [-0.15, -0.1) is 0 Å². The Morgan fingerprint density at radius 1 is 1.33 bits per heavy atom. The van der Waals surface area contributed by atoms with Gasteiger partial charge in [0.25, 0.3) is 0 Å². The van der Waals surface area contributed by atoms with Crippen LogP contribution in [0.25, 0.3) is 0 Å². The maximum Gasteiger partial charge on any atom is 0.0935 e. The first-order valence-corrected chi connectivity index (χ1v) is 6.82. The first-order valence-electron chi connectivity index (χ1n) is 4.92. The molecule has 15 heavy (non-hydrogen) atoms. The molecular weight excluding hydrogens is 322 g/mol. The lowest BCUT2D eigenvalue weighted by Crippen LogP contribution is -2.23. The van der Waals surface area contributed by atoms with Crippen molar-refractivity contribution >= 4 is 34.2 Å². The smallest absolute Gasteiger partial charge is 0.0935 e. The Labute approximate surface area is 110 Å². The first-order chi connectivity index (χ1) is 6.94. The standard InChI is InChI=1S/C12H16ClIO/c1-12(2,3)15-11(8-14)9-6-4-5-7-10(9)13/h4-7,11H,8H2,1-3H3. The lowest BCUT2D eigenvalue weighted by Gasteiger charge is -2.27. The van der Waals surface area contributed by atoms with Crippen LogP contribution in [0.4, 0.5) is 0 Å². The van der Waals surface area contributed by atoms with E-state index in [0.29, 0.717) is 0 Å². The van der Waals surface area contributed by atoms with Gasteiger partial charge in [0.1, 0.15) is 0 Å². The molecule has 0 N–H and O–H groups in total. The molecule has 1 nitrogen and oxygen atoms in total. The van der Waals surface area contributed by atoms with E-state index in [1.807, 2.05) is 24.3 Å². The monoisotopic (exact) mass is 338 g/mol. The van der Waals surface area contributed by atoms with E-state index in [9.17, 15) is 0 Å². The molecule has 1 rings (SSSR count). The molecule has 1 atom stereocenters. The maximum atomic E-state index is 6.14. The van der Waals surface area contributed by atoms with Crippen molar-refractivity contribution in [1.29, 1.82) is 0 Å². The molecule has 0 saturated carbocycles. The van der Waals surface area contributed by atoms with E-state index in [1.165, 1.54) is 0 Å². The van der Waals surface area contributed by atoms with Gasteiger partial charge < -0.3 is 4.74 Å². The van der Waals surface area contributed by atoms with Crippen LogP contribution in [0.15, 0.2) is 24.3 Å². The van der Waals surface area contributed by atoms with Crippen LogP contribution in [-0.4, -0.2) is 10.0 Å². The highest BCUT2D eigenvalue weighted by Gasteiger charge is 2.20. The van der Waals surface area contributed by atoms with Gasteiger partial charge >= 0.3 is 0 Å². The molecule has 0 bridgehead atoms. The predicted molar refractivity (Wildman–Crippen MR) is 73.9 cm³/mol. The van der Waals surface area contributed by atoms with E-state index in [4.69, 9.17) is 16.3 Å². The molecule has 1 aromatic carbocycles. The molecule has 0 aromatic heterocycles. The average Bonchev–Trinajstić information content (AvgIpc) is 2.14. The molecular formula is C12H16ClIO. The van der Waals surface area contributed by atoms with Crippen molar-refractivity contribution in [2.24, 2.45) is 0 Å². The van der Waals surface area contributed by atoms with Gasteiger partial charge in [0, 0.05) is 15.0 Å². The molecule has 0 aliphatic rings. The molecule has 1 unspecified atom stereocenters. The highest BCUT2D eigenvalue weighted by molar-refractivity contribution is 14.1. The molecule has 0 fully saturated rings. The zero-order valence-electron chi connectivity index (χ0n) is 9.26. The van der Waals surface area contributed by atoms with Gasteiger partial charge in [-0.05, 0) is 26.8 Å². The van der Waals surface area contributed by atoms with Gasteiger partial charge in [-0.3, -0.25) is 0 Å². The minimum atomic E-state index is -0.144.